The molecule has 0 unspecified atom stereocenters. The molecule has 0 amide bonds. The molecular weight excluding hydrogens is 382 g/mol. The van der Waals surface area contributed by atoms with Crippen LogP contribution >= 0.6 is 15.9 Å². The molecule has 25 heavy (non-hydrogen) atoms. The van der Waals surface area contributed by atoms with Gasteiger partial charge in [0.25, 0.3) is 0 Å². The topological polar surface area (TPSA) is 75.3 Å². The standard InChI is InChI=1S/C18H24BrN5O/c1-3-20-17(21-11-8-16-23-13(2)24-25-16)22-12-18(9-10-18)14-6-4-5-7-15(14)19/h4-7H,3,8-12H2,1-2H3,(H2,20,21,22). The Labute approximate surface area is 156 Å². The molecule has 1 fully saturated rings. The summed E-state index contributed by atoms with van der Waals surface area (Å²) in [5.41, 5.74) is 1.53. The highest BCUT2D eigenvalue weighted by Gasteiger charge is 2.45. The molecule has 7 heteroatoms. The van der Waals surface area contributed by atoms with Crippen molar-refractivity contribution >= 4 is 21.9 Å². The van der Waals surface area contributed by atoms with Crippen molar-refractivity contribution in [1.29, 1.82) is 0 Å². The Hall–Kier alpha value is -1.89. The lowest BCUT2D eigenvalue weighted by Gasteiger charge is -2.17. The van der Waals surface area contributed by atoms with E-state index in [4.69, 9.17) is 9.52 Å². The third-order valence-corrected chi connectivity index (χ3v) is 5.08. The first-order chi connectivity index (χ1) is 12.1. The molecule has 6 nitrogen and oxygen atoms in total. The maximum absolute atomic E-state index is 5.13. The lowest BCUT2D eigenvalue weighted by atomic mass is 9.96. The van der Waals surface area contributed by atoms with E-state index in [1.165, 1.54) is 22.9 Å². The van der Waals surface area contributed by atoms with Gasteiger partial charge >= 0.3 is 0 Å². The molecule has 134 valence electrons. The van der Waals surface area contributed by atoms with Gasteiger partial charge in [0.15, 0.2) is 11.8 Å². The largest absolute Gasteiger partial charge is 0.357 e. The van der Waals surface area contributed by atoms with Gasteiger partial charge in [0.1, 0.15) is 0 Å². The van der Waals surface area contributed by atoms with Gasteiger partial charge in [0, 0.05) is 29.4 Å². The van der Waals surface area contributed by atoms with Gasteiger partial charge in [-0.25, -0.2) is 0 Å². The zero-order valence-corrected chi connectivity index (χ0v) is 16.3. The van der Waals surface area contributed by atoms with E-state index in [-0.39, 0.29) is 5.41 Å². The molecule has 1 aromatic carbocycles. The van der Waals surface area contributed by atoms with Gasteiger partial charge in [-0.2, -0.15) is 4.98 Å². The van der Waals surface area contributed by atoms with Gasteiger partial charge in [-0.05, 0) is 38.3 Å². The number of hydrogen-bond donors (Lipinski definition) is 2. The van der Waals surface area contributed by atoms with Crippen LogP contribution in [-0.2, 0) is 11.8 Å². The second-order valence-corrected chi connectivity index (χ2v) is 7.22. The van der Waals surface area contributed by atoms with E-state index in [1.807, 2.05) is 6.92 Å². The molecule has 3 rings (SSSR count). The highest BCUT2D eigenvalue weighted by molar-refractivity contribution is 9.10. The predicted octanol–water partition coefficient (Wildman–Crippen LogP) is 2.97. The molecule has 0 aliphatic heterocycles. The lowest BCUT2D eigenvalue weighted by molar-refractivity contribution is 0.374. The Morgan fingerprint density at radius 2 is 2.12 bits per heavy atom. The van der Waals surface area contributed by atoms with Crippen molar-refractivity contribution < 1.29 is 4.52 Å². The summed E-state index contributed by atoms with van der Waals surface area (Å²) in [4.78, 5) is 9.02. The number of aromatic nitrogens is 2. The van der Waals surface area contributed by atoms with Gasteiger partial charge in [-0.3, -0.25) is 4.99 Å². The van der Waals surface area contributed by atoms with E-state index in [0.717, 1.165) is 19.0 Å². The summed E-state index contributed by atoms with van der Waals surface area (Å²) in [5.74, 6) is 2.14. The van der Waals surface area contributed by atoms with Crippen molar-refractivity contribution in [3.63, 3.8) is 0 Å². The Morgan fingerprint density at radius 1 is 1.32 bits per heavy atom. The van der Waals surface area contributed by atoms with Crippen molar-refractivity contribution in [2.24, 2.45) is 4.99 Å². The fraction of sp³-hybridized carbons (Fsp3) is 0.500. The van der Waals surface area contributed by atoms with Crippen LogP contribution in [0, 0.1) is 6.92 Å². The van der Waals surface area contributed by atoms with E-state index in [0.29, 0.717) is 24.7 Å². The number of halogens is 1. The minimum Gasteiger partial charge on any atom is -0.357 e. The monoisotopic (exact) mass is 405 g/mol. The second-order valence-electron chi connectivity index (χ2n) is 6.37. The van der Waals surface area contributed by atoms with Gasteiger partial charge in [-0.1, -0.05) is 39.3 Å². The number of rotatable bonds is 7. The Bertz CT molecular complexity index is 739. The highest BCUT2D eigenvalue weighted by Crippen LogP contribution is 2.50. The van der Waals surface area contributed by atoms with Crippen molar-refractivity contribution in [3.05, 3.63) is 46.0 Å². The van der Waals surface area contributed by atoms with E-state index in [1.54, 1.807) is 0 Å². The average Bonchev–Trinajstić information content (AvgIpc) is 3.28. The fourth-order valence-corrected chi connectivity index (χ4v) is 3.56. The molecular formula is C18H24BrN5O. The number of benzene rings is 1. The quantitative estimate of drug-likeness (QED) is 0.546. The third-order valence-electron chi connectivity index (χ3n) is 4.38. The van der Waals surface area contributed by atoms with E-state index >= 15 is 0 Å². The van der Waals surface area contributed by atoms with Crippen molar-refractivity contribution in [2.45, 2.75) is 38.5 Å². The third kappa shape index (κ3) is 4.60. The van der Waals surface area contributed by atoms with Gasteiger partial charge in [-0.15, -0.1) is 0 Å². The van der Waals surface area contributed by atoms with Gasteiger partial charge in [0.05, 0.1) is 6.54 Å². The van der Waals surface area contributed by atoms with Crippen LogP contribution < -0.4 is 10.6 Å². The molecule has 2 aromatic rings. The van der Waals surface area contributed by atoms with Crippen LogP contribution in [0.2, 0.25) is 0 Å². The van der Waals surface area contributed by atoms with Crippen molar-refractivity contribution in [3.8, 4) is 0 Å². The molecule has 1 heterocycles. The van der Waals surface area contributed by atoms with Crippen LogP contribution in [0.15, 0.2) is 38.3 Å². The fourth-order valence-electron chi connectivity index (χ4n) is 2.86. The first-order valence-corrected chi connectivity index (χ1v) is 9.49. The number of guanidine groups is 1. The number of aryl methyl sites for hydroxylation is 1. The minimum absolute atomic E-state index is 0.173. The van der Waals surface area contributed by atoms with Crippen LogP contribution in [-0.4, -0.2) is 35.7 Å². The minimum atomic E-state index is 0.173. The van der Waals surface area contributed by atoms with Gasteiger partial charge < -0.3 is 15.2 Å². The van der Waals surface area contributed by atoms with Crippen LogP contribution in [0.5, 0.6) is 0 Å². The van der Waals surface area contributed by atoms with Crippen LogP contribution in [0.25, 0.3) is 0 Å². The van der Waals surface area contributed by atoms with E-state index in [9.17, 15) is 0 Å². The molecule has 1 aliphatic carbocycles. The molecule has 1 saturated carbocycles. The summed E-state index contributed by atoms with van der Waals surface area (Å²) >= 11 is 3.68. The number of aliphatic imine (C=N–C) groups is 1. The average molecular weight is 406 g/mol. The predicted molar refractivity (Wildman–Crippen MR) is 102 cm³/mol. The lowest BCUT2D eigenvalue weighted by Crippen LogP contribution is -2.39. The smallest absolute Gasteiger partial charge is 0.228 e. The molecule has 2 N–H and O–H groups in total. The zero-order valence-electron chi connectivity index (χ0n) is 14.7. The summed E-state index contributed by atoms with van der Waals surface area (Å²) in [6, 6.07) is 8.46. The number of hydrogen-bond acceptors (Lipinski definition) is 4. The summed E-state index contributed by atoms with van der Waals surface area (Å²) in [7, 11) is 0. The maximum atomic E-state index is 5.13. The normalized spacial score (nSPS) is 15.9. The highest BCUT2D eigenvalue weighted by atomic mass is 79.9. The van der Waals surface area contributed by atoms with Crippen molar-refractivity contribution in [1.82, 2.24) is 20.8 Å². The molecule has 1 aliphatic rings. The molecule has 0 spiro atoms. The Kier molecular flexibility index (Phi) is 5.73. The summed E-state index contributed by atoms with van der Waals surface area (Å²) in [6.45, 7) is 6.20. The molecule has 0 saturated heterocycles. The molecule has 0 bridgehead atoms. The molecule has 0 atom stereocenters. The number of nitrogens with one attached hydrogen (secondary N) is 2. The van der Waals surface area contributed by atoms with Crippen LogP contribution in [0.1, 0.15) is 37.0 Å². The first kappa shape index (κ1) is 17.9. The number of nitrogens with zero attached hydrogens (tertiary/aromatic N) is 3. The summed E-state index contributed by atoms with van der Waals surface area (Å²) in [6.07, 6.45) is 3.04. The summed E-state index contributed by atoms with van der Waals surface area (Å²) in [5, 5.41) is 10.5. The van der Waals surface area contributed by atoms with Crippen molar-refractivity contribution in [2.75, 3.05) is 19.6 Å². The maximum Gasteiger partial charge on any atom is 0.228 e. The Morgan fingerprint density at radius 3 is 2.76 bits per heavy atom. The van der Waals surface area contributed by atoms with E-state index in [2.05, 4.69) is 67.9 Å². The molecule has 0 radical (unpaired) electrons. The van der Waals surface area contributed by atoms with Crippen LogP contribution in [0.4, 0.5) is 0 Å². The first-order valence-electron chi connectivity index (χ1n) is 8.69. The van der Waals surface area contributed by atoms with Gasteiger partial charge in [0.2, 0.25) is 5.89 Å². The van der Waals surface area contributed by atoms with Crippen LogP contribution in [0.3, 0.4) is 0 Å². The SMILES string of the molecule is CCNC(=NCC1(c2ccccc2Br)CC1)NCCc1nc(C)no1. The second kappa shape index (κ2) is 7.99. The zero-order chi connectivity index (χ0) is 17.7. The summed E-state index contributed by atoms with van der Waals surface area (Å²) < 4.78 is 6.31. The van der Waals surface area contributed by atoms with E-state index < -0.39 is 0 Å². The molecule has 1 aromatic heterocycles. The Balaban J connectivity index is 1.59.